The van der Waals surface area contributed by atoms with Gasteiger partial charge in [0.2, 0.25) is 5.91 Å². The molecule has 0 atom stereocenters. The number of methoxy groups -OCH3 is 1. The van der Waals surface area contributed by atoms with Crippen LogP contribution in [0.5, 0.6) is 5.75 Å². The fourth-order valence-corrected chi connectivity index (χ4v) is 2.08. The summed E-state index contributed by atoms with van der Waals surface area (Å²) in [7, 11) is 1.33. The van der Waals surface area contributed by atoms with Crippen molar-refractivity contribution in [3.05, 3.63) is 28.3 Å². The third-order valence-corrected chi connectivity index (χ3v) is 3.49. The van der Waals surface area contributed by atoms with Gasteiger partial charge in [-0.3, -0.25) is 14.9 Å². The van der Waals surface area contributed by atoms with E-state index in [0.29, 0.717) is 12.8 Å². The number of hydrogen-bond donors (Lipinski definition) is 1. The molecule has 1 amide bonds. The van der Waals surface area contributed by atoms with Gasteiger partial charge >= 0.3 is 5.69 Å². The Morgan fingerprint density at radius 1 is 1.55 bits per heavy atom. The predicted molar refractivity (Wildman–Crippen MR) is 70.2 cm³/mol. The van der Waals surface area contributed by atoms with E-state index in [1.165, 1.54) is 25.3 Å². The number of carbonyl (C=O) groups is 1. The van der Waals surface area contributed by atoms with Crippen LogP contribution >= 0.6 is 0 Å². The van der Waals surface area contributed by atoms with Crippen molar-refractivity contribution in [3.63, 3.8) is 0 Å². The van der Waals surface area contributed by atoms with Gasteiger partial charge in [-0.05, 0) is 31.4 Å². The Balaban J connectivity index is 2.22. The van der Waals surface area contributed by atoms with E-state index < -0.39 is 16.2 Å². The van der Waals surface area contributed by atoms with Crippen LogP contribution in [0.1, 0.15) is 19.3 Å². The minimum atomic E-state index is -0.991. The molecule has 0 heterocycles. The molecule has 0 bridgehead atoms. The first-order valence-electron chi connectivity index (χ1n) is 6.07. The van der Waals surface area contributed by atoms with E-state index in [1.807, 2.05) is 6.07 Å². The van der Waals surface area contributed by atoms with Gasteiger partial charge in [0.25, 0.3) is 0 Å². The maximum atomic E-state index is 12.0. The van der Waals surface area contributed by atoms with Crippen molar-refractivity contribution in [3.8, 4) is 11.8 Å². The SMILES string of the molecule is COc1ccc(NC(=O)C2(C#N)CCC2)cc1[N+](=O)[O-]. The Kier molecular flexibility index (Phi) is 3.57. The van der Waals surface area contributed by atoms with E-state index in [2.05, 4.69) is 5.32 Å². The molecule has 1 aromatic carbocycles. The molecular weight excluding hydrogens is 262 g/mol. The number of rotatable bonds is 4. The molecule has 7 nitrogen and oxygen atoms in total. The molecule has 1 aliphatic carbocycles. The first kappa shape index (κ1) is 13.8. The van der Waals surface area contributed by atoms with Gasteiger partial charge in [0.1, 0.15) is 5.41 Å². The number of nitro groups is 1. The van der Waals surface area contributed by atoms with Crippen molar-refractivity contribution in [1.29, 1.82) is 5.26 Å². The summed E-state index contributed by atoms with van der Waals surface area (Å²) in [5, 5.41) is 22.5. The minimum absolute atomic E-state index is 0.117. The number of nitrogens with one attached hydrogen (secondary N) is 1. The van der Waals surface area contributed by atoms with Gasteiger partial charge in [-0.25, -0.2) is 0 Å². The zero-order valence-corrected chi connectivity index (χ0v) is 10.9. The van der Waals surface area contributed by atoms with E-state index in [0.717, 1.165) is 6.42 Å². The summed E-state index contributed by atoms with van der Waals surface area (Å²) in [4.78, 5) is 22.4. The highest BCUT2D eigenvalue weighted by Gasteiger charge is 2.44. The molecular formula is C13H13N3O4. The summed E-state index contributed by atoms with van der Waals surface area (Å²) >= 11 is 0. The molecule has 104 valence electrons. The number of carbonyl (C=O) groups excluding carboxylic acids is 1. The normalized spacial score (nSPS) is 15.6. The molecule has 0 aliphatic heterocycles. The lowest BCUT2D eigenvalue weighted by atomic mass is 9.69. The molecule has 1 fully saturated rings. The summed E-state index contributed by atoms with van der Waals surface area (Å²) in [5.74, 6) is -0.294. The molecule has 1 aliphatic rings. The standard InChI is InChI=1S/C13H13N3O4/c1-20-11-4-3-9(7-10(11)16(18)19)15-12(17)13(8-14)5-2-6-13/h3-4,7H,2,5-6H2,1H3,(H,15,17). The third kappa shape index (κ3) is 2.28. The number of nitrogens with zero attached hydrogens (tertiary/aromatic N) is 2. The second-order valence-electron chi connectivity index (χ2n) is 4.65. The summed E-state index contributed by atoms with van der Waals surface area (Å²) in [6, 6.07) is 6.16. The van der Waals surface area contributed by atoms with Crippen LogP contribution < -0.4 is 10.1 Å². The van der Waals surface area contributed by atoms with Crippen LogP contribution in [0.2, 0.25) is 0 Å². The number of nitriles is 1. The van der Waals surface area contributed by atoms with Crippen molar-refractivity contribution in [2.24, 2.45) is 5.41 Å². The monoisotopic (exact) mass is 275 g/mol. The number of hydrogen-bond acceptors (Lipinski definition) is 5. The van der Waals surface area contributed by atoms with Gasteiger partial charge in [-0.2, -0.15) is 5.26 Å². The smallest absolute Gasteiger partial charge is 0.312 e. The lowest BCUT2D eigenvalue weighted by molar-refractivity contribution is -0.385. The van der Waals surface area contributed by atoms with Crippen LogP contribution in [0.15, 0.2) is 18.2 Å². The van der Waals surface area contributed by atoms with Crippen LogP contribution in [0.3, 0.4) is 0 Å². The number of ether oxygens (including phenoxy) is 1. The van der Waals surface area contributed by atoms with Crippen LogP contribution in [-0.4, -0.2) is 17.9 Å². The molecule has 0 unspecified atom stereocenters. The Morgan fingerprint density at radius 2 is 2.25 bits per heavy atom. The van der Waals surface area contributed by atoms with Gasteiger partial charge in [0, 0.05) is 11.8 Å². The van der Waals surface area contributed by atoms with Crippen molar-refractivity contribution < 1.29 is 14.5 Å². The molecule has 0 aromatic heterocycles. The van der Waals surface area contributed by atoms with Crippen molar-refractivity contribution >= 4 is 17.3 Å². The number of nitro benzene ring substituents is 1. The zero-order chi connectivity index (χ0) is 14.8. The molecule has 2 rings (SSSR count). The minimum Gasteiger partial charge on any atom is -0.490 e. The fraction of sp³-hybridized carbons (Fsp3) is 0.385. The van der Waals surface area contributed by atoms with E-state index in [4.69, 9.17) is 10.00 Å². The molecule has 20 heavy (non-hydrogen) atoms. The third-order valence-electron chi connectivity index (χ3n) is 3.49. The summed E-state index contributed by atoms with van der Waals surface area (Å²) in [6.45, 7) is 0. The van der Waals surface area contributed by atoms with Crippen molar-refractivity contribution in [2.75, 3.05) is 12.4 Å². The molecule has 7 heteroatoms. The number of benzene rings is 1. The van der Waals surface area contributed by atoms with E-state index in [-0.39, 0.29) is 17.1 Å². The van der Waals surface area contributed by atoms with E-state index in [1.54, 1.807) is 0 Å². The lowest BCUT2D eigenvalue weighted by Crippen LogP contribution is -2.40. The Hall–Kier alpha value is -2.62. The molecule has 1 saturated carbocycles. The van der Waals surface area contributed by atoms with Crippen LogP contribution in [0.4, 0.5) is 11.4 Å². The lowest BCUT2D eigenvalue weighted by Gasteiger charge is -2.33. The maximum absolute atomic E-state index is 12.0. The number of anilines is 1. The molecule has 1 aromatic rings. The molecule has 0 spiro atoms. The fourth-order valence-electron chi connectivity index (χ4n) is 2.08. The van der Waals surface area contributed by atoms with Gasteiger partial charge in [-0.1, -0.05) is 0 Å². The Bertz CT molecular complexity index is 602. The van der Waals surface area contributed by atoms with E-state index in [9.17, 15) is 14.9 Å². The highest BCUT2D eigenvalue weighted by atomic mass is 16.6. The van der Waals surface area contributed by atoms with Crippen molar-refractivity contribution in [2.45, 2.75) is 19.3 Å². The summed E-state index contributed by atoms with van der Waals surface area (Å²) < 4.78 is 4.88. The highest BCUT2D eigenvalue weighted by Crippen LogP contribution is 2.41. The predicted octanol–water partition coefficient (Wildman–Crippen LogP) is 2.24. The van der Waals surface area contributed by atoms with Crippen LogP contribution in [0.25, 0.3) is 0 Å². The first-order valence-corrected chi connectivity index (χ1v) is 6.07. The largest absolute Gasteiger partial charge is 0.490 e. The highest BCUT2D eigenvalue weighted by molar-refractivity contribution is 5.98. The van der Waals surface area contributed by atoms with Gasteiger partial charge < -0.3 is 10.1 Å². The van der Waals surface area contributed by atoms with Gasteiger partial charge in [0.15, 0.2) is 5.75 Å². The maximum Gasteiger partial charge on any atom is 0.312 e. The Morgan fingerprint density at radius 3 is 2.70 bits per heavy atom. The first-order chi connectivity index (χ1) is 9.52. The summed E-state index contributed by atoms with van der Waals surface area (Å²) in [5.41, 5.74) is -0.941. The van der Waals surface area contributed by atoms with Crippen LogP contribution in [-0.2, 0) is 4.79 Å². The van der Waals surface area contributed by atoms with Crippen LogP contribution in [0, 0.1) is 26.9 Å². The van der Waals surface area contributed by atoms with Crippen molar-refractivity contribution in [1.82, 2.24) is 0 Å². The zero-order valence-electron chi connectivity index (χ0n) is 10.9. The van der Waals surface area contributed by atoms with Gasteiger partial charge in [-0.15, -0.1) is 0 Å². The molecule has 1 N–H and O–H groups in total. The van der Waals surface area contributed by atoms with Gasteiger partial charge in [0.05, 0.1) is 18.1 Å². The van der Waals surface area contributed by atoms with E-state index >= 15 is 0 Å². The second kappa shape index (κ2) is 5.17. The average Bonchev–Trinajstić information content (AvgIpc) is 2.38. The molecule has 0 saturated heterocycles. The average molecular weight is 275 g/mol. The molecule has 0 radical (unpaired) electrons. The second-order valence-corrected chi connectivity index (χ2v) is 4.65. The number of amides is 1. The topological polar surface area (TPSA) is 105 Å². The summed E-state index contributed by atoms with van der Waals surface area (Å²) in [6.07, 6.45) is 1.88. The Labute approximate surface area is 115 Å². The quantitative estimate of drug-likeness (QED) is 0.670.